The molecule has 2 aromatic carbocycles. The topological polar surface area (TPSA) is 15.7 Å². The van der Waals surface area contributed by atoms with E-state index in [-0.39, 0.29) is 5.82 Å². The minimum Gasteiger partial charge on any atom is -0.495 e. The van der Waals surface area contributed by atoms with Gasteiger partial charge in [-0.05, 0) is 55.3 Å². The van der Waals surface area contributed by atoms with Gasteiger partial charge >= 0.3 is 0 Å². The summed E-state index contributed by atoms with van der Waals surface area (Å²) in [5.74, 6) is 0.700. The Morgan fingerprint density at radius 3 is 2.44 bits per heavy atom. The summed E-state index contributed by atoms with van der Waals surface area (Å²) in [5, 5.41) is 0.734. The van der Waals surface area contributed by atoms with Crippen LogP contribution in [0.3, 0.4) is 0 Å². The van der Waals surface area contributed by atoms with Crippen molar-refractivity contribution in [1.82, 2.24) is 4.90 Å². The molecule has 0 radical (unpaired) electrons. The molecule has 3 rings (SSSR count). The Balaban J connectivity index is 1.47. The molecule has 1 saturated heterocycles. The standard InChI is InChI=1S/C20H24ClFN2O/c1-25-20-9-6-17(21)15-19(20)24-13-11-23(12-14-24)10-2-3-16-4-7-18(22)8-5-16/h4-9,15H,2-3,10-14H2,1H3. The van der Waals surface area contributed by atoms with Crippen LogP contribution in [0, 0.1) is 5.82 Å². The maximum absolute atomic E-state index is 12.9. The van der Waals surface area contributed by atoms with E-state index in [0.29, 0.717) is 0 Å². The number of benzene rings is 2. The van der Waals surface area contributed by atoms with Gasteiger partial charge in [0.2, 0.25) is 0 Å². The highest BCUT2D eigenvalue weighted by Gasteiger charge is 2.19. The van der Waals surface area contributed by atoms with E-state index in [2.05, 4.69) is 9.80 Å². The third-order valence-electron chi connectivity index (χ3n) is 4.71. The van der Waals surface area contributed by atoms with Crippen molar-refractivity contribution in [3.8, 4) is 5.75 Å². The smallest absolute Gasteiger partial charge is 0.142 e. The molecule has 0 aliphatic carbocycles. The Hall–Kier alpha value is -1.78. The number of methoxy groups -OCH3 is 1. The molecule has 0 atom stereocenters. The molecule has 3 nitrogen and oxygen atoms in total. The Labute approximate surface area is 154 Å². The van der Waals surface area contributed by atoms with Crippen LogP contribution in [-0.4, -0.2) is 44.7 Å². The summed E-state index contributed by atoms with van der Waals surface area (Å²) in [6, 6.07) is 12.6. The predicted molar refractivity (Wildman–Crippen MR) is 101 cm³/mol. The number of rotatable bonds is 6. The molecule has 134 valence electrons. The van der Waals surface area contributed by atoms with Crippen LogP contribution < -0.4 is 9.64 Å². The van der Waals surface area contributed by atoms with Crippen LogP contribution in [0.5, 0.6) is 5.75 Å². The number of halogens is 2. The lowest BCUT2D eigenvalue weighted by Gasteiger charge is -2.36. The summed E-state index contributed by atoms with van der Waals surface area (Å²) in [7, 11) is 1.69. The monoisotopic (exact) mass is 362 g/mol. The van der Waals surface area contributed by atoms with Gasteiger partial charge in [0.1, 0.15) is 11.6 Å². The molecule has 5 heteroatoms. The molecule has 1 heterocycles. The van der Waals surface area contributed by atoms with E-state index in [4.69, 9.17) is 16.3 Å². The van der Waals surface area contributed by atoms with Crippen LogP contribution in [0.1, 0.15) is 12.0 Å². The fraction of sp³-hybridized carbons (Fsp3) is 0.400. The van der Waals surface area contributed by atoms with Gasteiger partial charge in [0.05, 0.1) is 12.8 Å². The summed E-state index contributed by atoms with van der Waals surface area (Å²) in [4.78, 5) is 4.82. The van der Waals surface area contributed by atoms with Gasteiger partial charge in [-0.25, -0.2) is 4.39 Å². The molecular formula is C20H24ClFN2O. The molecule has 0 bridgehead atoms. The molecule has 25 heavy (non-hydrogen) atoms. The fourth-order valence-corrected chi connectivity index (χ4v) is 3.45. The Morgan fingerprint density at radius 1 is 1.04 bits per heavy atom. The summed E-state index contributed by atoms with van der Waals surface area (Å²) >= 11 is 6.14. The normalized spacial score (nSPS) is 15.4. The Morgan fingerprint density at radius 2 is 1.76 bits per heavy atom. The van der Waals surface area contributed by atoms with Gasteiger partial charge in [0, 0.05) is 31.2 Å². The first-order chi connectivity index (χ1) is 12.2. The minimum absolute atomic E-state index is 0.170. The molecule has 1 aliphatic rings. The number of nitrogens with zero attached hydrogens (tertiary/aromatic N) is 2. The van der Waals surface area contributed by atoms with Gasteiger partial charge < -0.3 is 9.64 Å². The quantitative estimate of drug-likeness (QED) is 0.764. The van der Waals surface area contributed by atoms with E-state index in [1.54, 1.807) is 7.11 Å². The molecule has 0 unspecified atom stereocenters. The van der Waals surface area contributed by atoms with Crippen LogP contribution in [0.4, 0.5) is 10.1 Å². The van der Waals surface area contributed by atoms with Crippen molar-refractivity contribution in [2.75, 3.05) is 44.7 Å². The molecule has 0 saturated carbocycles. The second-order valence-electron chi connectivity index (χ2n) is 6.37. The van der Waals surface area contributed by atoms with Gasteiger partial charge in [0.15, 0.2) is 0 Å². The molecule has 0 N–H and O–H groups in total. The maximum atomic E-state index is 12.9. The number of hydrogen-bond acceptors (Lipinski definition) is 3. The maximum Gasteiger partial charge on any atom is 0.142 e. The SMILES string of the molecule is COc1ccc(Cl)cc1N1CCN(CCCc2ccc(F)cc2)CC1. The van der Waals surface area contributed by atoms with E-state index < -0.39 is 0 Å². The number of hydrogen-bond donors (Lipinski definition) is 0. The van der Waals surface area contributed by atoms with Crippen LogP contribution in [-0.2, 0) is 6.42 Å². The van der Waals surface area contributed by atoms with Crippen LogP contribution in [0.25, 0.3) is 0 Å². The lowest BCUT2D eigenvalue weighted by atomic mass is 10.1. The summed E-state index contributed by atoms with van der Waals surface area (Å²) in [6.07, 6.45) is 2.08. The highest BCUT2D eigenvalue weighted by Crippen LogP contribution is 2.31. The lowest BCUT2D eigenvalue weighted by Crippen LogP contribution is -2.46. The van der Waals surface area contributed by atoms with Gasteiger partial charge in [-0.3, -0.25) is 4.90 Å². The van der Waals surface area contributed by atoms with E-state index in [1.807, 2.05) is 30.3 Å². The third-order valence-corrected chi connectivity index (χ3v) is 4.94. The number of aryl methyl sites for hydroxylation is 1. The molecule has 1 aliphatic heterocycles. The van der Waals surface area contributed by atoms with Crippen LogP contribution >= 0.6 is 11.6 Å². The first kappa shape index (κ1) is 18.0. The fourth-order valence-electron chi connectivity index (χ4n) is 3.28. The van der Waals surface area contributed by atoms with Crippen molar-refractivity contribution >= 4 is 17.3 Å². The molecule has 2 aromatic rings. The van der Waals surface area contributed by atoms with E-state index in [0.717, 1.165) is 62.0 Å². The molecule has 0 amide bonds. The van der Waals surface area contributed by atoms with E-state index in [9.17, 15) is 4.39 Å². The highest BCUT2D eigenvalue weighted by atomic mass is 35.5. The molecule has 0 aromatic heterocycles. The minimum atomic E-state index is -0.170. The second-order valence-corrected chi connectivity index (χ2v) is 6.81. The van der Waals surface area contributed by atoms with Crippen LogP contribution in [0.2, 0.25) is 5.02 Å². The lowest BCUT2D eigenvalue weighted by molar-refractivity contribution is 0.254. The van der Waals surface area contributed by atoms with Crippen molar-refractivity contribution < 1.29 is 9.13 Å². The van der Waals surface area contributed by atoms with Crippen LogP contribution in [0.15, 0.2) is 42.5 Å². The second kappa shape index (κ2) is 8.54. The first-order valence-electron chi connectivity index (χ1n) is 8.71. The zero-order chi connectivity index (χ0) is 17.6. The van der Waals surface area contributed by atoms with Gasteiger partial charge in [-0.2, -0.15) is 0 Å². The van der Waals surface area contributed by atoms with Gasteiger partial charge in [0.25, 0.3) is 0 Å². The molecular weight excluding hydrogens is 339 g/mol. The summed E-state index contributed by atoms with van der Waals surface area (Å²) < 4.78 is 18.4. The first-order valence-corrected chi connectivity index (χ1v) is 9.09. The van der Waals surface area contributed by atoms with E-state index >= 15 is 0 Å². The van der Waals surface area contributed by atoms with Crippen molar-refractivity contribution in [1.29, 1.82) is 0 Å². The average Bonchev–Trinajstić information content (AvgIpc) is 2.64. The van der Waals surface area contributed by atoms with E-state index in [1.165, 1.54) is 17.7 Å². The van der Waals surface area contributed by atoms with Crippen molar-refractivity contribution in [3.05, 3.63) is 58.9 Å². The largest absolute Gasteiger partial charge is 0.495 e. The number of ether oxygens (including phenoxy) is 1. The molecule has 0 spiro atoms. The Kier molecular flexibility index (Phi) is 6.16. The van der Waals surface area contributed by atoms with Crippen molar-refractivity contribution in [3.63, 3.8) is 0 Å². The zero-order valence-electron chi connectivity index (χ0n) is 14.5. The summed E-state index contributed by atoms with van der Waals surface area (Å²) in [6.45, 7) is 5.05. The Bertz CT molecular complexity index is 685. The number of piperazine rings is 1. The molecule has 1 fully saturated rings. The van der Waals surface area contributed by atoms with Crippen molar-refractivity contribution in [2.45, 2.75) is 12.8 Å². The van der Waals surface area contributed by atoms with Gasteiger partial charge in [-0.1, -0.05) is 23.7 Å². The predicted octanol–water partition coefficient (Wildman–Crippen LogP) is 4.24. The summed E-state index contributed by atoms with van der Waals surface area (Å²) in [5.41, 5.74) is 2.27. The third kappa shape index (κ3) is 4.86. The number of anilines is 1. The average molecular weight is 363 g/mol. The van der Waals surface area contributed by atoms with Gasteiger partial charge in [-0.15, -0.1) is 0 Å². The van der Waals surface area contributed by atoms with Crippen molar-refractivity contribution in [2.24, 2.45) is 0 Å². The zero-order valence-corrected chi connectivity index (χ0v) is 15.3. The highest BCUT2D eigenvalue weighted by molar-refractivity contribution is 6.30.